The SMILES string of the molecule is COc1c(Cl)ncnc1NCc1ccc(F)c(Cl)c1. The molecule has 100 valence electrons. The molecule has 0 amide bonds. The fraction of sp³-hybridized carbons (Fsp3) is 0.167. The molecule has 2 aromatic rings. The first-order valence-electron chi connectivity index (χ1n) is 5.34. The van der Waals surface area contributed by atoms with Crippen molar-refractivity contribution in [3.05, 3.63) is 46.1 Å². The zero-order chi connectivity index (χ0) is 13.8. The maximum absolute atomic E-state index is 13.0. The van der Waals surface area contributed by atoms with Crippen molar-refractivity contribution in [2.45, 2.75) is 6.54 Å². The van der Waals surface area contributed by atoms with Gasteiger partial charge in [0.15, 0.2) is 16.7 Å². The minimum absolute atomic E-state index is 0.0759. The highest BCUT2D eigenvalue weighted by atomic mass is 35.5. The van der Waals surface area contributed by atoms with Crippen LogP contribution in [0.2, 0.25) is 10.2 Å². The van der Waals surface area contributed by atoms with Crippen LogP contribution in [-0.4, -0.2) is 17.1 Å². The fourth-order valence-electron chi connectivity index (χ4n) is 1.49. The summed E-state index contributed by atoms with van der Waals surface area (Å²) in [5.74, 6) is 0.369. The normalized spacial score (nSPS) is 10.3. The largest absolute Gasteiger partial charge is 0.490 e. The average molecular weight is 302 g/mol. The van der Waals surface area contributed by atoms with Crippen LogP contribution in [0.25, 0.3) is 0 Å². The average Bonchev–Trinajstić information content (AvgIpc) is 2.40. The molecule has 1 heterocycles. The van der Waals surface area contributed by atoms with E-state index in [1.54, 1.807) is 12.1 Å². The monoisotopic (exact) mass is 301 g/mol. The second-order valence-corrected chi connectivity index (χ2v) is 4.41. The number of nitrogens with one attached hydrogen (secondary N) is 1. The van der Waals surface area contributed by atoms with E-state index in [2.05, 4.69) is 15.3 Å². The van der Waals surface area contributed by atoms with Crippen molar-refractivity contribution in [2.75, 3.05) is 12.4 Å². The smallest absolute Gasteiger partial charge is 0.198 e. The van der Waals surface area contributed by atoms with Gasteiger partial charge in [0.1, 0.15) is 12.1 Å². The van der Waals surface area contributed by atoms with Gasteiger partial charge < -0.3 is 10.1 Å². The van der Waals surface area contributed by atoms with E-state index in [1.165, 1.54) is 19.5 Å². The van der Waals surface area contributed by atoms with Crippen molar-refractivity contribution < 1.29 is 9.13 Å². The summed E-state index contributed by atoms with van der Waals surface area (Å²) in [5, 5.41) is 3.32. The molecule has 0 aliphatic heterocycles. The van der Waals surface area contributed by atoms with Gasteiger partial charge in [-0.1, -0.05) is 29.3 Å². The Morgan fingerprint density at radius 2 is 2.11 bits per heavy atom. The molecule has 0 atom stereocenters. The molecule has 1 aromatic carbocycles. The van der Waals surface area contributed by atoms with Crippen LogP contribution in [0.3, 0.4) is 0 Å². The third kappa shape index (κ3) is 3.24. The van der Waals surface area contributed by atoms with E-state index in [9.17, 15) is 4.39 Å². The molecule has 1 aromatic heterocycles. The Morgan fingerprint density at radius 3 is 2.79 bits per heavy atom. The van der Waals surface area contributed by atoms with E-state index >= 15 is 0 Å². The number of ether oxygens (including phenoxy) is 1. The second-order valence-electron chi connectivity index (χ2n) is 3.65. The maximum Gasteiger partial charge on any atom is 0.198 e. The molecule has 0 fully saturated rings. The summed E-state index contributed by atoms with van der Waals surface area (Å²) in [6, 6.07) is 4.48. The van der Waals surface area contributed by atoms with Gasteiger partial charge in [0.2, 0.25) is 0 Å². The summed E-state index contributed by atoms with van der Waals surface area (Å²) in [4.78, 5) is 7.84. The van der Waals surface area contributed by atoms with Crippen LogP contribution in [0.1, 0.15) is 5.56 Å². The molecular weight excluding hydrogens is 292 g/mol. The number of aromatic nitrogens is 2. The van der Waals surface area contributed by atoms with Gasteiger partial charge in [-0.25, -0.2) is 14.4 Å². The summed E-state index contributed by atoms with van der Waals surface area (Å²) < 4.78 is 18.1. The molecule has 0 spiro atoms. The molecule has 0 saturated carbocycles. The Balaban J connectivity index is 2.14. The zero-order valence-corrected chi connectivity index (χ0v) is 11.5. The number of anilines is 1. The number of hydrogen-bond acceptors (Lipinski definition) is 4. The van der Waals surface area contributed by atoms with E-state index in [4.69, 9.17) is 27.9 Å². The van der Waals surface area contributed by atoms with Crippen LogP contribution < -0.4 is 10.1 Å². The predicted molar refractivity (Wildman–Crippen MR) is 72.3 cm³/mol. The molecule has 0 saturated heterocycles. The Morgan fingerprint density at radius 1 is 1.32 bits per heavy atom. The van der Waals surface area contributed by atoms with Crippen molar-refractivity contribution in [1.29, 1.82) is 0 Å². The molecule has 4 nitrogen and oxygen atoms in total. The van der Waals surface area contributed by atoms with Gasteiger partial charge in [-0.2, -0.15) is 0 Å². The number of rotatable bonds is 4. The number of halogens is 3. The lowest BCUT2D eigenvalue weighted by Gasteiger charge is -2.10. The van der Waals surface area contributed by atoms with E-state index in [0.29, 0.717) is 18.1 Å². The minimum Gasteiger partial charge on any atom is -0.490 e. The number of nitrogens with zero attached hydrogens (tertiary/aromatic N) is 2. The van der Waals surface area contributed by atoms with Crippen LogP contribution in [-0.2, 0) is 6.54 Å². The molecule has 0 bridgehead atoms. The number of hydrogen-bond donors (Lipinski definition) is 1. The van der Waals surface area contributed by atoms with Crippen LogP contribution >= 0.6 is 23.2 Å². The first kappa shape index (κ1) is 13.8. The molecule has 2 rings (SSSR count). The maximum atomic E-state index is 13.0. The summed E-state index contributed by atoms with van der Waals surface area (Å²) in [7, 11) is 1.48. The molecule has 19 heavy (non-hydrogen) atoms. The summed E-state index contributed by atoms with van der Waals surface area (Å²) in [6.07, 6.45) is 1.32. The molecule has 0 unspecified atom stereocenters. The van der Waals surface area contributed by atoms with Gasteiger partial charge in [0, 0.05) is 6.54 Å². The lowest BCUT2D eigenvalue weighted by molar-refractivity contribution is 0.413. The van der Waals surface area contributed by atoms with Crippen molar-refractivity contribution >= 4 is 29.0 Å². The molecule has 1 N–H and O–H groups in total. The summed E-state index contributed by atoms with van der Waals surface area (Å²) in [6.45, 7) is 0.406. The van der Waals surface area contributed by atoms with Crippen molar-refractivity contribution in [3.63, 3.8) is 0 Å². The van der Waals surface area contributed by atoms with Crippen LogP contribution in [0.5, 0.6) is 5.75 Å². The van der Waals surface area contributed by atoms with Gasteiger partial charge >= 0.3 is 0 Å². The highest BCUT2D eigenvalue weighted by molar-refractivity contribution is 6.31. The minimum atomic E-state index is -0.451. The summed E-state index contributed by atoms with van der Waals surface area (Å²) in [5.41, 5.74) is 0.809. The van der Waals surface area contributed by atoms with E-state index < -0.39 is 5.82 Å². The molecule has 0 aliphatic carbocycles. The Kier molecular flexibility index (Phi) is 4.39. The number of benzene rings is 1. The first-order chi connectivity index (χ1) is 9.11. The zero-order valence-electron chi connectivity index (χ0n) is 9.95. The van der Waals surface area contributed by atoms with Gasteiger partial charge in [0.25, 0.3) is 0 Å². The molecule has 0 aliphatic rings. The highest BCUT2D eigenvalue weighted by Gasteiger charge is 2.10. The van der Waals surface area contributed by atoms with Crippen LogP contribution in [0.4, 0.5) is 10.2 Å². The number of methoxy groups -OCH3 is 1. The predicted octanol–water partition coefficient (Wildman–Crippen LogP) is 3.54. The van der Waals surface area contributed by atoms with Crippen molar-refractivity contribution in [3.8, 4) is 5.75 Å². The first-order valence-corrected chi connectivity index (χ1v) is 6.09. The van der Waals surface area contributed by atoms with Crippen molar-refractivity contribution in [2.24, 2.45) is 0 Å². The summed E-state index contributed by atoms with van der Waals surface area (Å²) >= 11 is 11.6. The third-order valence-corrected chi connectivity index (χ3v) is 2.97. The molecule has 7 heteroatoms. The van der Waals surface area contributed by atoms with E-state index in [-0.39, 0.29) is 10.2 Å². The van der Waals surface area contributed by atoms with E-state index in [1.807, 2.05) is 0 Å². The van der Waals surface area contributed by atoms with Gasteiger partial charge in [-0.15, -0.1) is 0 Å². The lowest BCUT2D eigenvalue weighted by atomic mass is 10.2. The topological polar surface area (TPSA) is 47.0 Å². The van der Waals surface area contributed by atoms with Gasteiger partial charge in [-0.3, -0.25) is 0 Å². The van der Waals surface area contributed by atoms with Crippen LogP contribution in [0, 0.1) is 5.82 Å². The van der Waals surface area contributed by atoms with Gasteiger partial charge in [0.05, 0.1) is 12.1 Å². The van der Waals surface area contributed by atoms with Gasteiger partial charge in [-0.05, 0) is 17.7 Å². The molecule has 0 radical (unpaired) electrons. The Hall–Kier alpha value is -1.59. The Labute approximate surface area is 119 Å². The third-order valence-electron chi connectivity index (χ3n) is 2.41. The Bertz CT molecular complexity index is 595. The second kappa shape index (κ2) is 6.04. The molecular formula is C12H10Cl2FN3O. The van der Waals surface area contributed by atoms with Crippen LogP contribution in [0.15, 0.2) is 24.5 Å². The quantitative estimate of drug-likeness (QED) is 0.878. The standard InChI is InChI=1S/C12H10Cl2FN3O/c1-19-10-11(14)17-6-18-12(10)16-5-7-2-3-9(15)8(13)4-7/h2-4,6H,5H2,1H3,(H,16,17,18). The van der Waals surface area contributed by atoms with E-state index in [0.717, 1.165) is 5.56 Å². The van der Waals surface area contributed by atoms with Crippen molar-refractivity contribution in [1.82, 2.24) is 9.97 Å². The fourth-order valence-corrected chi connectivity index (χ4v) is 1.91. The lowest BCUT2D eigenvalue weighted by Crippen LogP contribution is -2.04. The highest BCUT2D eigenvalue weighted by Crippen LogP contribution is 2.28.